The van der Waals surface area contributed by atoms with Crippen LogP contribution in [0.25, 0.3) is 0 Å². The van der Waals surface area contributed by atoms with Gasteiger partial charge in [-0.25, -0.2) is 0 Å². The van der Waals surface area contributed by atoms with E-state index < -0.39 is 30.2 Å². The Balaban J connectivity index is 3.17. The number of amides is 1. The number of anilines is 1. The van der Waals surface area contributed by atoms with Crippen molar-refractivity contribution in [1.82, 2.24) is 0 Å². The van der Waals surface area contributed by atoms with E-state index in [1.54, 1.807) is 0 Å². The Morgan fingerprint density at radius 3 is 2.53 bits per heavy atom. The number of hydrogen-bond acceptors (Lipinski definition) is 3. The minimum atomic E-state index is -5.10. The number of carbonyl (C=O) groups excluding carboxylic acids is 1. The zero-order valence-corrected chi connectivity index (χ0v) is 9.64. The van der Waals surface area contributed by atoms with Gasteiger partial charge in [0, 0.05) is 0 Å². The van der Waals surface area contributed by atoms with Crippen LogP contribution in [-0.2, 0) is 8.53 Å². The summed E-state index contributed by atoms with van der Waals surface area (Å²) in [6.45, 7) is 1.25. The van der Waals surface area contributed by atoms with E-state index in [-0.39, 0.29) is 5.69 Å². The Bertz CT molecular complexity index is 439. The van der Waals surface area contributed by atoms with Crippen LogP contribution in [0.15, 0.2) is 12.1 Å². The predicted octanol–water partition coefficient (Wildman–Crippen LogP) is -1.29. The van der Waals surface area contributed by atoms with Crippen LogP contribution in [-0.4, -0.2) is 33.4 Å². The van der Waals surface area contributed by atoms with Crippen LogP contribution in [0.1, 0.15) is 6.92 Å². The molecule has 0 unspecified atom stereocenters. The number of hydrogen-bond donors (Lipinski definition) is 4. The zero-order chi connectivity index (χ0) is 11.6. The fourth-order valence-corrected chi connectivity index (χ4v) is 2.16. The third-order valence-corrected chi connectivity index (χ3v) is 3.30. The second kappa shape index (κ2) is 4.10. The van der Waals surface area contributed by atoms with E-state index >= 15 is 0 Å². The van der Waals surface area contributed by atoms with E-state index in [2.05, 4.69) is 11.4 Å². The molecule has 1 aromatic carbocycles. The fourth-order valence-electron chi connectivity index (χ4n) is 0.972. The summed E-state index contributed by atoms with van der Waals surface area (Å²) < 4.78 is 28.3. The maximum absolute atomic E-state index is 10.9. The molecule has 0 aromatic heterocycles. The van der Waals surface area contributed by atoms with Gasteiger partial charge in [0.15, 0.2) is 0 Å². The van der Waals surface area contributed by atoms with Crippen molar-refractivity contribution in [2.24, 2.45) is 0 Å². The topological polar surface area (TPSA) is 107 Å². The molecular weight excluding hydrogens is 265 g/mol. The summed E-state index contributed by atoms with van der Waals surface area (Å²) in [5.74, 6) is -0.828. The normalized spacial score (nSPS) is 11.1. The molecule has 0 fully saturated rings. The van der Waals surface area contributed by atoms with Gasteiger partial charge in [-0.3, -0.25) is 0 Å². The Labute approximate surface area is 88.6 Å². The summed E-state index contributed by atoms with van der Waals surface area (Å²) in [5, 5.41) is 11.4. The first-order chi connectivity index (χ1) is 6.79. The van der Waals surface area contributed by atoms with Crippen molar-refractivity contribution in [1.29, 1.82) is 0 Å². The third kappa shape index (κ3) is 3.43. The summed E-state index contributed by atoms with van der Waals surface area (Å²) in [6.07, 6.45) is 0. The van der Waals surface area contributed by atoms with Crippen molar-refractivity contribution < 1.29 is 21.8 Å². The van der Waals surface area contributed by atoms with Crippen molar-refractivity contribution in [3.8, 4) is 5.75 Å². The Morgan fingerprint density at radius 2 is 2.07 bits per heavy atom. The molecular formula is C8H9AsNO5. The fraction of sp³-hybridized carbons (Fsp3) is 0.125. The Hall–Kier alpha value is -1.23. The van der Waals surface area contributed by atoms with E-state index in [0.29, 0.717) is 0 Å². The Morgan fingerprint density at radius 1 is 1.47 bits per heavy atom. The van der Waals surface area contributed by atoms with E-state index in [9.17, 15) is 8.53 Å². The first-order valence-corrected chi connectivity index (χ1v) is 7.27. The van der Waals surface area contributed by atoms with Crippen molar-refractivity contribution in [3.63, 3.8) is 0 Å². The summed E-state index contributed by atoms with van der Waals surface area (Å²) in [7, 11) is 0. The van der Waals surface area contributed by atoms with Crippen molar-refractivity contribution in [3.05, 3.63) is 18.2 Å². The van der Waals surface area contributed by atoms with Gasteiger partial charge in [-0.2, -0.15) is 0 Å². The van der Waals surface area contributed by atoms with Crippen LogP contribution in [0.4, 0.5) is 5.69 Å². The van der Waals surface area contributed by atoms with Gasteiger partial charge >= 0.3 is 88.1 Å². The first kappa shape index (κ1) is 11.8. The second-order valence-electron chi connectivity index (χ2n) is 2.86. The average molecular weight is 274 g/mol. The molecule has 1 radical (unpaired) electrons. The van der Waals surface area contributed by atoms with Crippen molar-refractivity contribution in [2.45, 2.75) is 6.92 Å². The predicted molar refractivity (Wildman–Crippen MR) is 51.8 cm³/mol. The third-order valence-electron chi connectivity index (χ3n) is 1.47. The standard InChI is InChI=1S/C8H9AsNO5/c1-5(11)10-7-2-6(9(13,14)15)3-8(12)4-7/h2,4,12H,1H3,(H,10,11)(H2,13,14,15). The van der Waals surface area contributed by atoms with Crippen molar-refractivity contribution in [2.75, 3.05) is 5.32 Å². The molecule has 0 saturated carbocycles. The van der Waals surface area contributed by atoms with E-state index in [0.717, 1.165) is 12.1 Å². The summed E-state index contributed by atoms with van der Waals surface area (Å²) in [6, 6.07) is 4.36. The molecule has 4 N–H and O–H groups in total. The summed E-state index contributed by atoms with van der Waals surface area (Å²) >= 11 is -5.10. The number of rotatable bonds is 2. The average Bonchev–Trinajstić information content (AvgIpc) is 1.99. The molecule has 81 valence electrons. The van der Waals surface area contributed by atoms with Gasteiger partial charge in [0.05, 0.1) is 0 Å². The zero-order valence-electron chi connectivity index (χ0n) is 7.76. The molecule has 0 aliphatic rings. The Kier molecular flexibility index (Phi) is 3.24. The van der Waals surface area contributed by atoms with Gasteiger partial charge in [-0.05, 0) is 0 Å². The van der Waals surface area contributed by atoms with Gasteiger partial charge in [-0.15, -0.1) is 0 Å². The molecule has 7 heteroatoms. The molecule has 15 heavy (non-hydrogen) atoms. The molecule has 1 rings (SSSR count). The first-order valence-electron chi connectivity index (χ1n) is 3.89. The molecule has 6 nitrogen and oxygen atoms in total. The molecule has 0 saturated heterocycles. The van der Waals surface area contributed by atoms with E-state index in [1.165, 1.54) is 6.92 Å². The van der Waals surface area contributed by atoms with Crippen LogP contribution in [0, 0.1) is 6.07 Å². The second-order valence-corrected chi connectivity index (χ2v) is 6.16. The molecule has 0 atom stereocenters. The number of aromatic hydroxyl groups is 1. The van der Waals surface area contributed by atoms with Crippen LogP contribution < -0.4 is 9.67 Å². The van der Waals surface area contributed by atoms with Gasteiger partial charge in [0.25, 0.3) is 0 Å². The molecule has 0 spiro atoms. The summed E-state index contributed by atoms with van der Waals surface area (Å²) in [5.41, 5.74) is 0.124. The molecule has 1 amide bonds. The molecule has 0 bridgehead atoms. The molecule has 1 aromatic rings. The van der Waals surface area contributed by atoms with Gasteiger partial charge in [0.2, 0.25) is 0 Å². The molecule has 0 heterocycles. The number of carbonyl (C=O) groups is 1. The monoisotopic (exact) mass is 274 g/mol. The summed E-state index contributed by atoms with van der Waals surface area (Å²) in [4.78, 5) is 10.7. The number of nitrogens with one attached hydrogen (secondary N) is 1. The van der Waals surface area contributed by atoms with Gasteiger partial charge in [-0.1, -0.05) is 0 Å². The van der Waals surface area contributed by atoms with Crippen LogP contribution >= 0.6 is 0 Å². The SMILES string of the molecule is CC(=O)Nc1cc(O)[c]c([As](=O)(O)O)c1. The number of benzene rings is 1. The quantitative estimate of drug-likeness (QED) is 0.502. The van der Waals surface area contributed by atoms with Gasteiger partial charge < -0.3 is 0 Å². The minimum absolute atomic E-state index is 0.124. The number of phenolic OH excluding ortho intramolecular Hbond substituents is 1. The van der Waals surface area contributed by atoms with Crippen molar-refractivity contribution >= 4 is 30.1 Å². The molecule has 0 aliphatic carbocycles. The van der Waals surface area contributed by atoms with Crippen LogP contribution in [0.2, 0.25) is 0 Å². The van der Waals surface area contributed by atoms with Crippen LogP contribution in [0.3, 0.4) is 0 Å². The molecule has 0 aliphatic heterocycles. The van der Waals surface area contributed by atoms with Crippen LogP contribution in [0.5, 0.6) is 5.75 Å². The van der Waals surface area contributed by atoms with E-state index in [1.807, 2.05) is 0 Å². The maximum atomic E-state index is 10.9. The number of phenols is 1. The van der Waals surface area contributed by atoms with E-state index in [4.69, 9.17) is 13.3 Å². The van der Waals surface area contributed by atoms with Gasteiger partial charge in [0.1, 0.15) is 0 Å².